The standard InChI is InChI=1S/C17H37N3O/c1-3-4-5-6-7-8-9-10-11-17(21)16-18-20-14-12-19(2)13-15-20/h17-18,21H,3-16H2,1-2H3. The number of hydrogen-bond acceptors (Lipinski definition) is 4. The predicted molar refractivity (Wildman–Crippen MR) is 90.3 cm³/mol. The highest BCUT2D eigenvalue weighted by atomic mass is 16.3. The van der Waals surface area contributed by atoms with Crippen molar-refractivity contribution in [2.45, 2.75) is 70.8 Å². The Bertz CT molecular complexity index is 230. The zero-order valence-electron chi connectivity index (χ0n) is 14.3. The SMILES string of the molecule is CCCCCCCCCCC(O)CNN1CCN(C)CC1. The molecule has 1 unspecified atom stereocenters. The molecule has 1 fully saturated rings. The highest BCUT2D eigenvalue weighted by Crippen LogP contribution is 2.10. The summed E-state index contributed by atoms with van der Waals surface area (Å²) in [5.74, 6) is 0. The van der Waals surface area contributed by atoms with Crippen LogP contribution in [0.3, 0.4) is 0 Å². The molecule has 126 valence electrons. The highest BCUT2D eigenvalue weighted by molar-refractivity contribution is 4.67. The molecular weight excluding hydrogens is 262 g/mol. The Labute approximate surface area is 131 Å². The van der Waals surface area contributed by atoms with Crippen molar-refractivity contribution in [3.63, 3.8) is 0 Å². The van der Waals surface area contributed by atoms with E-state index in [1.54, 1.807) is 0 Å². The van der Waals surface area contributed by atoms with E-state index in [0.717, 1.165) is 32.6 Å². The van der Waals surface area contributed by atoms with E-state index in [1.807, 2.05) is 0 Å². The van der Waals surface area contributed by atoms with Crippen molar-refractivity contribution in [3.8, 4) is 0 Å². The zero-order chi connectivity index (χ0) is 15.3. The summed E-state index contributed by atoms with van der Waals surface area (Å²) in [6.07, 6.45) is 11.4. The van der Waals surface area contributed by atoms with Gasteiger partial charge in [-0.1, -0.05) is 58.3 Å². The first-order chi connectivity index (χ1) is 10.2. The van der Waals surface area contributed by atoms with Crippen LogP contribution < -0.4 is 5.43 Å². The van der Waals surface area contributed by atoms with E-state index in [1.165, 1.54) is 51.4 Å². The number of nitrogens with zero attached hydrogens (tertiary/aromatic N) is 2. The minimum Gasteiger partial charge on any atom is -0.392 e. The van der Waals surface area contributed by atoms with Crippen LogP contribution in [0, 0.1) is 0 Å². The Balaban J connectivity index is 1.86. The first kappa shape index (κ1) is 18.9. The van der Waals surface area contributed by atoms with Crippen molar-refractivity contribution in [1.29, 1.82) is 0 Å². The summed E-state index contributed by atoms with van der Waals surface area (Å²) in [5.41, 5.74) is 3.37. The molecule has 0 spiro atoms. The molecule has 1 saturated heterocycles. The van der Waals surface area contributed by atoms with E-state index in [-0.39, 0.29) is 6.10 Å². The molecule has 4 heteroatoms. The van der Waals surface area contributed by atoms with E-state index >= 15 is 0 Å². The fourth-order valence-corrected chi connectivity index (χ4v) is 2.81. The quantitative estimate of drug-likeness (QED) is 0.543. The molecule has 4 nitrogen and oxygen atoms in total. The average molecular weight is 300 g/mol. The molecule has 0 aromatic carbocycles. The molecule has 1 aliphatic rings. The van der Waals surface area contributed by atoms with Crippen LogP contribution in [0.5, 0.6) is 0 Å². The third kappa shape index (κ3) is 10.2. The number of hydrogen-bond donors (Lipinski definition) is 2. The van der Waals surface area contributed by atoms with Gasteiger partial charge in [-0.2, -0.15) is 0 Å². The lowest BCUT2D eigenvalue weighted by Crippen LogP contribution is -2.52. The maximum Gasteiger partial charge on any atom is 0.0678 e. The van der Waals surface area contributed by atoms with Gasteiger partial charge < -0.3 is 10.0 Å². The summed E-state index contributed by atoms with van der Waals surface area (Å²) < 4.78 is 0. The second-order valence-electron chi connectivity index (χ2n) is 6.57. The minimum atomic E-state index is -0.190. The van der Waals surface area contributed by atoms with E-state index in [0.29, 0.717) is 6.54 Å². The molecule has 0 radical (unpaired) electrons. The first-order valence-corrected chi connectivity index (χ1v) is 9.07. The molecule has 0 bridgehead atoms. The number of likely N-dealkylation sites (N-methyl/N-ethyl adjacent to an activating group) is 1. The lowest BCUT2D eigenvalue weighted by molar-refractivity contribution is 0.0710. The molecule has 1 rings (SSSR count). The van der Waals surface area contributed by atoms with Crippen LogP contribution in [-0.4, -0.2) is 60.9 Å². The normalized spacial score (nSPS) is 19.0. The molecule has 0 amide bonds. The van der Waals surface area contributed by atoms with Gasteiger partial charge in [0.1, 0.15) is 0 Å². The average Bonchev–Trinajstić information content (AvgIpc) is 2.49. The number of hydrazine groups is 1. The summed E-state index contributed by atoms with van der Waals surface area (Å²) in [4.78, 5) is 2.34. The van der Waals surface area contributed by atoms with Crippen molar-refractivity contribution in [2.75, 3.05) is 39.8 Å². The van der Waals surface area contributed by atoms with Crippen LogP contribution in [-0.2, 0) is 0 Å². The van der Waals surface area contributed by atoms with Crippen molar-refractivity contribution in [3.05, 3.63) is 0 Å². The fourth-order valence-electron chi connectivity index (χ4n) is 2.81. The van der Waals surface area contributed by atoms with Gasteiger partial charge in [-0.05, 0) is 13.5 Å². The zero-order valence-corrected chi connectivity index (χ0v) is 14.3. The van der Waals surface area contributed by atoms with Crippen LogP contribution in [0.15, 0.2) is 0 Å². The smallest absolute Gasteiger partial charge is 0.0678 e. The van der Waals surface area contributed by atoms with Gasteiger partial charge >= 0.3 is 0 Å². The van der Waals surface area contributed by atoms with Gasteiger partial charge in [0.15, 0.2) is 0 Å². The number of aliphatic hydroxyl groups is 1. The van der Waals surface area contributed by atoms with Crippen molar-refractivity contribution in [2.24, 2.45) is 0 Å². The molecule has 1 aliphatic heterocycles. The molecule has 21 heavy (non-hydrogen) atoms. The highest BCUT2D eigenvalue weighted by Gasteiger charge is 2.14. The Kier molecular flexibility index (Phi) is 11.1. The Hall–Kier alpha value is -0.160. The molecule has 2 N–H and O–H groups in total. The summed E-state index contributed by atoms with van der Waals surface area (Å²) in [7, 11) is 2.16. The Morgan fingerprint density at radius 2 is 1.48 bits per heavy atom. The lowest BCUT2D eigenvalue weighted by Gasteiger charge is -2.33. The third-order valence-corrected chi connectivity index (χ3v) is 4.44. The summed E-state index contributed by atoms with van der Waals surface area (Å²) in [5, 5.41) is 12.3. The van der Waals surface area contributed by atoms with Crippen LogP contribution in [0.25, 0.3) is 0 Å². The predicted octanol–water partition coefficient (Wildman–Crippen LogP) is 2.63. The fraction of sp³-hybridized carbons (Fsp3) is 1.00. The van der Waals surface area contributed by atoms with Gasteiger partial charge in [0.2, 0.25) is 0 Å². The van der Waals surface area contributed by atoms with Crippen LogP contribution in [0.2, 0.25) is 0 Å². The van der Waals surface area contributed by atoms with Crippen molar-refractivity contribution < 1.29 is 5.11 Å². The van der Waals surface area contributed by atoms with Crippen LogP contribution in [0.1, 0.15) is 64.7 Å². The second kappa shape index (κ2) is 12.4. The minimum absolute atomic E-state index is 0.190. The second-order valence-corrected chi connectivity index (χ2v) is 6.57. The maximum atomic E-state index is 10.0. The monoisotopic (exact) mass is 299 g/mol. The number of unbranched alkanes of at least 4 members (excludes halogenated alkanes) is 7. The molecule has 1 heterocycles. The largest absolute Gasteiger partial charge is 0.392 e. The maximum absolute atomic E-state index is 10.0. The number of piperazine rings is 1. The van der Waals surface area contributed by atoms with E-state index in [9.17, 15) is 5.11 Å². The molecular formula is C17H37N3O. The van der Waals surface area contributed by atoms with Gasteiger partial charge in [-0.25, -0.2) is 5.01 Å². The van der Waals surface area contributed by atoms with Crippen molar-refractivity contribution in [1.82, 2.24) is 15.3 Å². The van der Waals surface area contributed by atoms with E-state index in [2.05, 4.69) is 29.3 Å². The molecule has 0 aliphatic carbocycles. The summed E-state index contributed by atoms with van der Waals surface area (Å²) in [6.45, 7) is 7.31. The summed E-state index contributed by atoms with van der Waals surface area (Å²) in [6, 6.07) is 0. The van der Waals surface area contributed by atoms with Gasteiger partial charge in [0, 0.05) is 32.7 Å². The third-order valence-electron chi connectivity index (χ3n) is 4.44. The van der Waals surface area contributed by atoms with Gasteiger partial charge in [0.05, 0.1) is 6.10 Å². The van der Waals surface area contributed by atoms with Crippen molar-refractivity contribution >= 4 is 0 Å². The lowest BCUT2D eigenvalue weighted by atomic mass is 10.1. The Morgan fingerprint density at radius 3 is 2.10 bits per heavy atom. The van der Waals surface area contributed by atoms with Crippen LogP contribution >= 0.6 is 0 Å². The molecule has 0 aromatic heterocycles. The first-order valence-electron chi connectivity index (χ1n) is 9.07. The van der Waals surface area contributed by atoms with Gasteiger partial charge in [-0.3, -0.25) is 5.43 Å². The molecule has 0 saturated carbocycles. The number of nitrogens with one attached hydrogen (secondary N) is 1. The number of rotatable bonds is 12. The van der Waals surface area contributed by atoms with Crippen LogP contribution in [0.4, 0.5) is 0 Å². The van der Waals surface area contributed by atoms with Gasteiger partial charge in [-0.15, -0.1) is 0 Å². The van der Waals surface area contributed by atoms with Gasteiger partial charge in [0.25, 0.3) is 0 Å². The molecule has 0 aromatic rings. The summed E-state index contributed by atoms with van der Waals surface area (Å²) >= 11 is 0. The molecule has 1 atom stereocenters. The van der Waals surface area contributed by atoms with E-state index < -0.39 is 0 Å². The van der Waals surface area contributed by atoms with E-state index in [4.69, 9.17) is 0 Å². The number of aliphatic hydroxyl groups excluding tert-OH is 1. The topological polar surface area (TPSA) is 38.7 Å². The Morgan fingerprint density at radius 1 is 0.905 bits per heavy atom.